The number of rotatable bonds is 2. The third-order valence-electron chi connectivity index (χ3n) is 6.85. The maximum atomic E-state index is 15.3. The van der Waals surface area contributed by atoms with Crippen molar-refractivity contribution in [1.82, 2.24) is 20.2 Å². The zero-order valence-corrected chi connectivity index (χ0v) is 17.3. The van der Waals surface area contributed by atoms with Crippen LogP contribution in [-0.2, 0) is 0 Å². The van der Waals surface area contributed by atoms with Crippen molar-refractivity contribution >= 4 is 16.8 Å². The number of aromatic nitrogens is 4. The standard InChI is InChI=1S/C24H25FN4O/c1-23-5-3-6-24(2,14-23)22(25)16(11-23)10-21-27-13-19(28-29-21)18-8-15-4-7-26-12-17(15)9-20(18)30/h4,7-10,12-13,22,30H,3,5-6,11,14H2,1-2H3/b16-10+/t22-,23+,24+/m0/s1. The van der Waals surface area contributed by atoms with Gasteiger partial charge in [-0.25, -0.2) is 9.37 Å². The highest BCUT2D eigenvalue weighted by Crippen LogP contribution is 2.58. The highest BCUT2D eigenvalue weighted by Gasteiger charge is 2.50. The van der Waals surface area contributed by atoms with Crippen molar-refractivity contribution in [3.8, 4) is 17.0 Å². The molecule has 1 aromatic carbocycles. The molecule has 0 saturated heterocycles. The Morgan fingerprint density at radius 3 is 2.80 bits per heavy atom. The summed E-state index contributed by atoms with van der Waals surface area (Å²) < 4.78 is 15.3. The largest absolute Gasteiger partial charge is 0.507 e. The number of fused-ring (bicyclic) bond motifs is 3. The van der Waals surface area contributed by atoms with Gasteiger partial charge in [-0.2, -0.15) is 0 Å². The molecule has 3 aromatic rings. The van der Waals surface area contributed by atoms with Gasteiger partial charge < -0.3 is 5.11 Å². The molecular weight excluding hydrogens is 379 g/mol. The van der Waals surface area contributed by atoms with Gasteiger partial charge >= 0.3 is 0 Å². The van der Waals surface area contributed by atoms with E-state index in [9.17, 15) is 5.11 Å². The first-order chi connectivity index (χ1) is 14.4. The van der Waals surface area contributed by atoms with E-state index in [0.717, 1.165) is 48.4 Å². The van der Waals surface area contributed by atoms with Crippen molar-refractivity contribution in [2.75, 3.05) is 0 Å². The maximum Gasteiger partial charge on any atom is 0.174 e. The second-order valence-electron chi connectivity index (χ2n) is 9.55. The van der Waals surface area contributed by atoms with E-state index in [1.54, 1.807) is 30.7 Å². The lowest BCUT2D eigenvalue weighted by Crippen LogP contribution is -2.45. The Kier molecular flexibility index (Phi) is 4.34. The van der Waals surface area contributed by atoms with Gasteiger partial charge in [0, 0.05) is 28.8 Å². The highest BCUT2D eigenvalue weighted by molar-refractivity contribution is 5.89. The van der Waals surface area contributed by atoms with E-state index in [1.165, 1.54) is 0 Å². The molecule has 1 N–H and O–H groups in total. The normalized spacial score (nSPS) is 30.0. The first kappa shape index (κ1) is 19.1. The van der Waals surface area contributed by atoms with Gasteiger partial charge in [-0.15, -0.1) is 10.2 Å². The fraction of sp³-hybridized carbons (Fsp3) is 0.417. The van der Waals surface area contributed by atoms with E-state index in [4.69, 9.17) is 0 Å². The average Bonchev–Trinajstić information content (AvgIpc) is 2.72. The van der Waals surface area contributed by atoms with Crippen LogP contribution in [0, 0.1) is 10.8 Å². The van der Waals surface area contributed by atoms with E-state index in [0.29, 0.717) is 17.1 Å². The minimum Gasteiger partial charge on any atom is -0.507 e. The summed E-state index contributed by atoms with van der Waals surface area (Å²) in [6, 6.07) is 5.38. The Bertz CT molecular complexity index is 1150. The van der Waals surface area contributed by atoms with E-state index >= 15 is 4.39 Å². The molecule has 0 unspecified atom stereocenters. The molecule has 0 aliphatic heterocycles. The highest BCUT2D eigenvalue weighted by atomic mass is 19.1. The minimum atomic E-state index is -0.965. The van der Waals surface area contributed by atoms with Crippen molar-refractivity contribution in [3.63, 3.8) is 0 Å². The van der Waals surface area contributed by atoms with Gasteiger partial charge in [0.2, 0.25) is 0 Å². The number of pyridine rings is 1. The van der Waals surface area contributed by atoms with Gasteiger partial charge in [-0.1, -0.05) is 20.3 Å². The average molecular weight is 404 g/mol. The fourth-order valence-electron chi connectivity index (χ4n) is 5.56. The van der Waals surface area contributed by atoms with E-state index in [2.05, 4.69) is 34.0 Å². The van der Waals surface area contributed by atoms with Crippen LogP contribution >= 0.6 is 0 Å². The maximum absolute atomic E-state index is 15.3. The van der Waals surface area contributed by atoms with Gasteiger partial charge in [-0.3, -0.25) is 4.98 Å². The van der Waals surface area contributed by atoms with Gasteiger partial charge in [0.05, 0.1) is 6.20 Å². The molecule has 2 fully saturated rings. The number of alkyl halides is 1. The minimum absolute atomic E-state index is 0.0995. The Hall–Kier alpha value is -2.89. The van der Waals surface area contributed by atoms with E-state index in [-0.39, 0.29) is 16.6 Å². The summed E-state index contributed by atoms with van der Waals surface area (Å²) in [5.74, 6) is 0.510. The van der Waals surface area contributed by atoms with Crippen molar-refractivity contribution in [1.29, 1.82) is 0 Å². The Balaban J connectivity index is 1.46. The molecule has 5 rings (SSSR count). The Labute approximate surface area is 175 Å². The number of aromatic hydroxyl groups is 1. The van der Waals surface area contributed by atoms with Crippen molar-refractivity contribution < 1.29 is 9.50 Å². The van der Waals surface area contributed by atoms with Gasteiger partial charge in [0.1, 0.15) is 17.6 Å². The van der Waals surface area contributed by atoms with Crippen molar-refractivity contribution in [2.45, 2.75) is 52.1 Å². The first-order valence-electron chi connectivity index (χ1n) is 10.5. The van der Waals surface area contributed by atoms with E-state index in [1.807, 2.05) is 12.1 Å². The van der Waals surface area contributed by atoms with E-state index < -0.39 is 6.17 Å². The topological polar surface area (TPSA) is 71.8 Å². The summed E-state index contributed by atoms with van der Waals surface area (Å²) >= 11 is 0. The van der Waals surface area contributed by atoms with Gasteiger partial charge in [0.25, 0.3) is 0 Å². The molecule has 2 aliphatic rings. The van der Waals surface area contributed by atoms with Crippen molar-refractivity contribution in [2.24, 2.45) is 10.8 Å². The summed E-state index contributed by atoms with van der Waals surface area (Å²) in [7, 11) is 0. The zero-order valence-electron chi connectivity index (χ0n) is 17.3. The molecule has 0 amide bonds. The Morgan fingerprint density at radius 1 is 1.13 bits per heavy atom. The van der Waals surface area contributed by atoms with Crippen LogP contribution in [0.1, 0.15) is 51.8 Å². The van der Waals surface area contributed by atoms with Crippen LogP contribution < -0.4 is 0 Å². The number of hydrogen-bond acceptors (Lipinski definition) is 5. The van der Waals surface area contributed by atoms with Crippen LogP contribution in [-0.4, -0.2) is 31.4 Å². The number of halogens is 1. The first-order valence-corrected chi connectivity index (χ1v) is 10.5. The summed E-state index contributed by atoms with van der Waals surface area (Å²) in [4.78, 5) is 8.48. The lowest BCUT2D eigenvalue weighted by atomic mass is 9.54. The molecule has 2 aromatic heterocycles. The molecule has 0 radical (unpaired) electrons. The molecule has 2 heterocycles. The predicted molar refractivity (Wildman–Crippen MR) is 114 cm³/mol. The van der Waals surface area contributed by atoms with Crippen LogP contribution in [0.2, 0.25) is 0 Å². The Morgan fingerprint density at radius 2 is 2.00 bits per heavy atom. The third kappa shape index (κ3) is 3.24. The molecule has 2 aliphatic carbocycles. The summed E-state index contributed by atoms with van der Waals surface area (Å²) in [6.45, 7) is 4.34. The SMILES string of the molecule is C[C@]12CCC[C@](C)(C1)[C@@H](F)/C(=C/c1ncc(-c3cc4ccncc4cc3O)nn1)C2. The van der Waals surface area contributed by atoms with Crippen LogP contribution in [0.5, 0.6) is 5.75 Å². The van der Waals surface area contributed by atoms with Crippen LogP contribution in [0.25, 0.3) is 28.1 Å². The monoisotopic (exact) mass is 404 g/mol. The molecule has 6 heteroatoms. The fourth-order valence-corrected chi connectivity index (χ4v) is 5.56. The number of phenolic OH excluding ortho intramolecular Hbond substituents is 1. The van der Waals surface area contributed by atoms with Gasteiger partial charge in [0.15, 0.2) is 5.82 Å². The number of hydrogen-bond donors (Lipinski definition) is 1. The molecule has 2 saturated carbocycles. The lowest BCUT2D eigenvalue weighted by molar-refractivity contribution is -0.00518. The molecule has 3 atom stereocenters. The van der Waals surface area contributed by atoms with Crippen LogP contribution in [0.3, 0.4) is 0 Å². The summed E-state index contributed by atoms with van der Waals surface area (Å²) in [5, 5.41) is 20.7. The predicted octanol–water partition coefficient (Wildman–Crippen LogP) is 5.50. The number of nitrogens with zero attached hydrogens (tertiary/aromatic N) is 4. The molecule has 154 valence electrons. The molecule has 2 bridgehead atoms. The molecule has 0 spiro atoms. The zero-order chi connectivity index (χ0) is 20.9. The summed E-state index contributed by atoms with van der Waals surface area (Å²) in [5.41, 5.74) is 1.67. The second kappa shape index (κ2) is 6.83. The van der Waals surface area contributed by atoms with Crippen LogP contribution in [0.4, 0.5) is 4.39 Å². The second-order valence-corrected chi connectivity index (χ2v) is 9.55. The number of benzene rings is 1. The molecule has 5 nitrogen and oxygen atoms in total. The van der Waals surface area contributed by atoms with Gasteiger partial charge in [-0.05, 0) is 66.3 Å². The molecular formula is C24H25FN4O. The molecule has 30 heavy (non-hydrogen) atoms. The summed E-state index contributed by atoms with van der Waals surface area (Å²) in [6.07, 6.45) is 10.6. The smallest absolute Gasteiger partial charge is 0.174 e. The number of allylic oxidation sites excluding steroid dienone is 1. The number of phenols is 1. The van der Waals surface area contributed by atoms with Crippen LogP contribution in [0.15, 0.2) is 42.4 Å². The van der Waals surface area contributed by atoms with Crippen molar-refractivity contribution in [3.05, 3.63) is 48.2 Å². The lowest BCUT2D eigenvalue weighted by Gasteiger charge is -2.52. The third-order valence-corrected chi connectivity index (χ3v) is 6.85. The quantitative estimate of drug-likeness (QED) is 0.610.